The number of halogens is 1. The van der Waals surface area contributed by atoms with Crippen molar-refractivity contribution < 1.29 is 28.7 Å². The summed E-state index contributed by atoms with van der Waals surface area (Å²) in [5, 5.41) is 26.6. The molecule has 4 aromatic heterocycles. The van der Waals surface area contributed by atoms with Crippen LogP contribution in [0.15, 0.2) is 72.8 Å². The molecule has 2 aromatic carbocycles. The number of hydrogen-bond acceptors (Lipinski definition) is 12. The maximum Gasteiger partial charge on any atom is 0.254 e. The number of aryl methyl sites for hydroxylation is 1. The number of rotatable bonds is 22. The van der Waals surface area contributed by atoms with Crippen LogP contribution in [0, 0.1) is 18.2 Å². The van der Waals surface area contributed by atoms with E-state index < -0.39 is 29.4 Å². The molecule has 0 bridgehead atoms. The molecule has 75 heavy (non-hydrogen) atoms. The second kappa shape index (κ2) is 24.0. The van der Waals surface area contributed by atoms with Crippen LogP contribution in [0.2, 0.25) is 0 Å². The van der Waals surface area contributed by atoms with Crippen molar-refractivity contribution in [2.24, 2.45) is 5.41 Å². The molecule has 0 unspecified atom stereocenters. The summed E-state index contributed by atoms with van der Waals surface area (Å²) in [5.74, 6) is -0.768. The summed E-state index contributed by atoms with van der Waals surface area (Å²) in [6.45, 7) is 11.7. The van der Waals surface area contributed by atoms with Crippen LogP contribution in [-0.4, -0.2) is 130 Å². The third kappa shape index (κ3) is 13.3. The lowest BCUT2D eigenvalue weighted by Crippen LogP contribution is -2.57. The summed E-state index contributed by atoms with van der Waals surface area (Å²) in [5.41, 5.74) is 7.94. The van der Waals surface area contributed by atoms with Gasteiger partial charge in [0.25, 0.3) is 5.91 Å². The van der Waals surface area contributed by atoms with E-state index in [-0.39, 0.29) is 48.8 Å². The van der Waals surface area contributed by atoms with Gasteiger partial charge < -0.3 is 30.9 Å². The van der Waals surface area contributed by atoms with E-state index in [2.05, 4.69) is 41.0 Å². The standard InChI is InChI=1S/C56H71FN12O5S/c1-36-49(75-35-60-36)39-16-14-37(15-17-39)29-59-53(72)46-28-42(70)33-69(46)55(74)50(56(2,3)4)65-48(71)13-11-9-7-5-6-8-10-12-22-66-23-25-67(26-24-66)54(73)40-20-21-44(43(57)27-40)63-51-52-58-32-47(41-30-61-62-31-41)68(52)34-45(64-51)38-18-19-38/h14-17,20-21,27,30-32,34-35,38,42,46,50,70H,5-13,18-19,22-26,28-29,33H2,1-4H3,(H,59,72)(H,61,62)(H,63,64)(H,65,71)/t42-,46+,50-/m1/s1. The molecule has 6 aromatic rings. The number of likely N-dealkylation sites (tertiary alicyclic amines) is 1. The number of hydrogen-bond donors (Lipinski definition) is 5. The number of benzene rings is 2. The Kier molecular flexibility index (Phi) is 17.0. The van der Waals surface area contributed by atoms with Gasteiger partial charge in [-0.05, 0) is 73.9 Å². The van der Waals surface area contributed by atoms with E-state index in [4.69, 9.17) is 4.98 Å². The van der Waals surface area contributed by atoms with Crippen molar-refractivity contribution >= 4 is 52.1 Å². The largest absolute Gasteiger partial charge is 0.391 e. The van der Waals surface area contributed by atoms with Crippen LogP contribution >= 0.6 is 11.3 Å². The van der Waals surface area contributed by atoms with Crippen LogP contribution in [0.1, 0.15) is 131 Å². The molecule has 17 nitrogen and oxygen atoms in total. The number of H-pyrrole nitrogens is 1. The number of nitrogens with one attached hydrogen (secondary N) is 4. The molecule has 1 saturated carbocycles. The first-order chi connectivity index (χ1) is 36.2. The van der Waals surface area contributed by atoms with Gasteiger partial charge in [-0.1, -0.05) is 83.6 Å². The van der Waals surface area contributed by atoms with Gasteiger partial charge in [-0.15, -0.1) is 11.3 Å². The van der Waals surface area contributed by atoms with Crippen molar-refractivity contribution in [1.82, 2.24) is 54.9 Å². The van der Waals surface area contributed by atoms with Gasteiger partial charge >= 0.3 is 0 Å². The fourth-order valence-electron chi connectivity index (χ4n) is 10.2. The number of piperazine rings is 1. The third-order valence-corrected chi connectivity index (χ3v) is 15.7. The number of thiazole rings is 1. The average Bonchev–Trinajstić information content (AvgIpc) is 3.72. The minimum atomic E-state index is -0.851. The van der Waals surface area contributed by atoms with Crippen LogP contribution in [0.25, 0.3) is 27.3 Å². The summed E-state index contributed by atoms with van der Waals surface area (Å²) in [4.78, 5) is 74.8. The van der Waals surface area contributed by atoms with Crippen molar-refractivity contribution in [3.05, 3.63) is 101 Å². The molecule has 0 radical (unpaired) electrons. The maximum absolute atomic E-state index is 15.7. The highest BCUT2D eigenvalue weighted by Crippen LogP contribution is 2.41. The molecule has 19 heteroatoms. The summed E-state index contributed by atoms with van der Waals surface area (Å²) in [7, 11) is 0. The Balaban J connectivity index is 0.638. The summed E-state index contributed by atoms with van der Waals surface area (Å²) >= 11 is 1.58. The average molecular weight is 1040 g/mol. The van der Waals surface area contributed by atoms with Gasteiger partial charge in [0.15, 0.2) is 11.5 Å². The molecule has 3 atom stereocenters. The summed E-state index contributed by atoms with van der Waals surface area (Å²) in [6, 6.07) is 10.8. The quantitative estimate of drug-likeness (QED) is 0.0408. The van der Waals surface area contributed by atoms with Crippen LogP contribution < -0.4 is 16.0 Å². The number of β-amino-alcohol motifs (C(OH)–C–C–N with tert-alkyl or cyclic N) is 1. The number of aromatic nitrogens is 6. The Morgan fingerprint density at radius 1 is 0.907 bits per heavy atom. The minimum absolute atomic E-state index is 0.0319. The predicted octanol–water partition coefficient (Wildman–Crippen LogP) is 8.39. The molecule has 0 spiro atoms. The van der Waals surface area contributed by atoms with E-state index in [0.29, 0.717) is 42.5 Å². The fourth-order valence-corrected chi connectivity index (χ4v) is 11.0. The number of carbonyl (C=O) groups is 4. The molecule has 2 aliphatic heterocycles. The zero-order chi connectivity index (χ0) is 52.6. The van der Waals surface area contributed by atoms with Crippen LogP contribution in [0.4, 0.5) is 15.9 Å². The molecule has 398 valence electrons. The Hall–Kier alpha value is -6.57. The highest BCUT2D eigenvalue weighted by Gasteiger charge is 2.44. The number of aromatic amines is 1. The number of aliphatic hydroxyl groups is 1. The van der Waals surface area contributed by atoms with Gasteiger partial charge in [-0.3, -0.25) is 33.6 Å². The lowest BCUT2D eigenvalue weighted by Gasteiger charge is -2.35. The fraction of sp³-hybridized carbons (Fsp3) is 0.500. The van der Waals surface area contributed by atoms with Gasteiger partial charge in [0, 0.05) is 81.5 Å². The number of fused-ring (bicyclic) bond motifs is 1. The monoisotopic (exact) mass is 1040 g/mol. The highest BCUT2D eigenvalue weighted by molar-refractivity contribution is 7.13. The van der Waals surface area contributed by atoms with E-state index in [1.54, 1.807) is 42.1 Å². The Bertz CT molecular complexity index is 2920. The van der Waals surface area contributed by atoms with Crippen molar-refractivity contribution in [2.75, 3.05) is 44.6 Å². The first-order valence-corrected chi connectivity index (χ1v) is 27.6. The second-order valence-corrected chi connectivity index (χ2v) is 22.4. The molecule has 1 aliphatic carbocycles. The number of aliphatic hydroxyl groups excluding tert-OH is 1. The van der Waals surface area contributed by atoms with E-state index in [1.165, 1.54) is 11.0 Å². The van der Waals surface area contributed by atoms with Crippen molar-refractivity contribution in [3.63, 3.8) is 0 Å². The molecular formula is C56H71FN12O5S. The number of amides is 4. The van der Waals surface area contributed by atoms with Gasteiger partial charge in [-0.25, -0.2) is 19.3 Å². The number of anilines is 2. The summed E-state index contributed by atoms with van der Waals surface area (Å²) < 4.78 is 17.6. The van der Waals surface area contributed by atoms with Crippen LogP contribution in [0.3, 0.4) is 0 Å². The molecule has 3 aliphatic rings. The Labute approximate surface area is 442 Å². The molecule has 9 rings (SSSR count). The van der Waals surface area contributed by atoms with Gasteiger partial charge in [0.05, 0.1) is 51.7 Å². The van der Waals surface area contributed by atoms with Gasteiger partial charge in [-0.2, -0.15) is 5.10 Å². The number of carbonyl (C=O) groups excluding carboxylic acids is 4. The summed E-state index contributed by atoms with van der Waals surface area (Å²) in [6.07, 6.45) is 17.3. The Morgan fingerprint density at radius 2 is 1.64 bits per heavy atom. The van der Waals surface area contributed by atoms with Crippen LogP contribution in [-0.2, 0) is 20.9 Å². The lowest BCUT2D eigenvalue weighted by atomic mass is 9.85. The van der Waals surface area contributed by atoms with E-state index >= 15 is 4.39 Å². The predicted molar refractivity (Wildman–Crippen MR) is 288 cm³/mol. The smallest absolute Gasteiger partial charge is 0.254 e. The molecule has 5 N–H and O–H groups in total. The third-order valence-electron chi connectivity index (χ3n) is 14.8. The SMILES string of the molecule is Cc1ncsc1-c1ccc(CNC(=O)[C@@H]2C[C@@H](O)CN2C(=O)[C@@H](NC(=O)CCCCCCCCCCN2CCN(C(=O)c3ccc(Nc4nc(C5CC5)cn5c(-c6cn[nH]c6)cnc45)c(F)c3)CC2)C(C)(C)C)cc1. The van der Waals surface area contributed by atoms with Crippen LogP contribution in [0.5, 0.6) is 0 Å². The molecular weight excluding hydrogens is 972 g/mol. The molecule has 2 saturated heterocycles. The molecule has 6 heterocycles. The van der Waals surface area contributed by atoms with Crippen molar-refractivity contribution in [3.8, 4) is 21.7 Å². The molecule has 3 fully saturated rings. The van der Waals surface area contributed by atoms with E-state index in [9.17, 15) is 24.3 Å². The maximum atomic E-state index is 15.7. The lowest BCUT2D eigenvalue weighted by molar-refractivity contribution is -0.144. The zero-order valence-corrected chi connectivity index (χ0v) is 44.4. The first-order valence-electron chi connectivity index (χ1n) is 26.7. The van der Waals surface area contributed by atoms with Gasteiger partial charge in [0.1, 0.15) is 17.9 Å². The van der Waals surface area contributed by atoms with E-state index in [1.807, 2.05) is 73.0 Å². The number of nitrogens with zero attached hydrogens (tertiary/aromatic N) is 8. The normalized spacial score (nSPS) is 17.6. The second-order valence-electron chi connectivity index (χ2n) is 21.6. The van der Waals surface area contributed by atoms with Gasteiger partial charge in [0.2, 0.25) is 17.7 Å². The van der Waals surface area contributed by atoms with E-state index in [0.717, 1.165) is 122 Å². The number of imidazole rings is 1. The Morgan fingerprint density at radius 3 is 2.31 bits per heavy atom. The highest BCUT2D eigenvalue weighted by atomic mass is 32.1. The van der Waals surface area contributed by atoms with Crippen molar-refractivity contribution in [2.45, 2.75) is 135 Å². The minimum Gasteiger partial charge on any atom is -0.391 e. The number of unbranched alkanes of at least 4 members (excludes halogenated alkanes) is 7. The molecule has 4 amide bonds. The van der Waals surface area contributed by atoms with Crippen molar-refractivity contribution in [1.29, 1.82) is 0 Å². The topological polar surface area (TPSA) is 206 Å². The first kappa shape index (κ1) is 53.3. The zero-order valence-electron chi connectivity index (χ0n) is 43.6.